The van der Waals surface area contributed by atoms with Crippen molar-refractivity contribution in [3.05, 3.63) is 23.8 Å². The van der Waals surface area contributed by atoms with Crippen LogP contribution in [-0.4, -0.2) is 39.3 Å². The van der Waals surface area contributed by atoms with Crippen LogP contribution in [0, 0.1) is 6.92 Å². The van der Waals surface area contributed by atoms with Crippen LogP contribution in [0.4, 0.5) is 5.69 Å². The Morgan fingerprint density at radius 1 is 1.35 bits per heavy atom. The Morgan fingerprint density at radius 2 is 2.10 bits per heavy atom. The zero-order valence-corrected chi connectivity index (χ0v) is 13.0. The van der Waals surface area contributed by atoms with Crippen molar-refractivity contribution in [2.24, 2.45) is 0 Å². The van der Waals surface area contributed by atoms with Crippen molar-refractivity contribution in [1.82, 2.24) is 5.32 Å². The van der Waals surface area contributed by atoms with Crippen LogP contribution in [0.25, 0.3) is 0 Å². The molecule has 0 unspecified atom stereocenters. The average Bonchev–Trinajstić information content (AvgIpc) is 2.38. The van der Waals surface area contributed by atoms with E-state index in [2.05, 4.69) is 10.6 Å². The van der Waals surface area contributed by atoms with E-state index in [4.69, 9.17) is 9.47 Å². The SMILES string of the molecule is CCOc1cc(C)ccc1NC(=O)CNCCOC.Cl. The Labute approximate surface area is 126 Å². The predicted molar refractivity (Wildman–Crippen MR) is 83.0 cm³/mol. The van der Waals surface area contributed by atoms with Gasteiger partial charge in [-0.3, -0.25) is 4.79 Å². The zero-order valence-electron chi connectivity index (χ0n) is 12.2. The fourth-order valence-corrected chi connectivity index (χ4v) is 1.58. The van der Waals surface area contributed by atoms with Gasteiger partial charge in [0.05, 0.1) is 25.4 Å². The number of aryl methyl sites for hydroxylation is 1. The van der Waals surface area contributed by atoms with Gasteiger partial charge in [-0.15, -0.1) is 12.4 Å². The molecule has 114 valence electrons. The second-order valence-electron chi connectivity index (χ2n) is 4.15. The Hall–Kier alpha value is -1.30. The van der Waals surface area contributed by atoms with Gasteiger partial charge in [-0.25, -0.2) is 0 Å². The largest absolute Gasteiger partial charge is 0.492 e. The number of hydrogen-bond acceptors (Lipinski definition) is 4. The summed E-state index contributed by atoms with van der Waals surface area (Å²) < 4.78 is 10.4. The van der Waals surface area contributed by atoms with Gasteiger partial charge in [-0.05, 0) is 31.5 Å². The number of carbonyl (C=O) groups excluding carboxylic acids is 1. The van der Waals surface area contributed by atoms with Gasteiger partial charge in [0.15, 0.2) is 0 Å². The van der Waals surface area contributed by atoms with Crippen LogP contribution >= 0.6 is 12.4 Å². The van der Waals surface area contributed by atoms with E-state index in [0.717, 1.165) is 5.56 Å². The maximum atomic E-state index is 11.7. The van der Waals surface area contributed by atoms with Crippen LogP contribution in [0.3, 0.4) is 0 Å². The highest BCUT2D eigenvalue weighted by molar-refractivity contribution is 5.93. The number of halogens is 1. The third-order valence-corrected chi connectivity index (χ3v) is 2.48. The lowest BCUT2D eigenvalue weighted by molar-refractivity contribution is -0.115. The maximum absolute atomic E-state index is 11.7. The number of ether oxygens (including phenoxy) is 2. The van der Waals surface area contributed by atoms with Crippen LogP contribution < -0.4 is 15.4 Å². The normalized spacial score (nSPS) is 9.75. The Balaban J connectivity index is 0.00000361. The smallest absolute Gasteiger partial charge is 0.238 e. The number of amides is 1. The average molecular weight is 303 g/mol. The molecular weight excluding hydrogens is 280 g/mol. The van der Waals surface area contributed by atoms with Gasteiger partial charge in [-0.1, -0.05) is 6.07 Å². The van der Waals surface area contributed by atoms with Crippen molar-refractivity contribution in [1.29, 1.82) is 0 Å². The van der Waals surface area contributed by atoms with E-state index >= 15 is 0 Å². The number of carbonyl (C=O) groups is 1. The summed E-state index contributed by atoms with van der Waals surface area (Å²) in [6.45, 7) is 5.96. The van der Waals surface area contributed by atoms with E-state index in [-0.39, 0.29) is 24.9 Å². The monoisotopic (exact) mass is 302 g/mol. The topological polar surface area (TPSA) is 59.6 Å². The summed E-state index contributed by atoms with van der Waals surface area (Å²) in [5, 5.41) is 5.82. The van der Waals surface area contributed by atoms with E-state index in [1.54, 1.807) is 7.11 Å². The number of methoxy groups -OCH3 is 1. The number of anilines is 1. The summed E-state index contributed by atoms with van der Waals surface area (Å²) in [5.74, 6) is 0.605. The molecule has 1 rings (SSSR count). The maximum Gasteiger partial charge on any atom is 0.238 e. The summed E-state index contributed by atoms with van der Waals surface area (Å²) in [7, 11) is 1.63. The van der Waals surface area contributed by atoms with Gasteiger partial charge in [0.25, 0.3) is 0 Å². The van der Waals surface area contributed by atoms with Crippen molar-refractivity contribution < 1.29 is 14.3 Å². The molecule has 1 aromatic rings. The molecule has 0 atom stereocenters. The highest BCUT2D eigenvalue weighted by Gasteiger charge is 2.07. The highest BCUT2D eigenvalue weighted by atomic mass is 35.5. The molecule has 20 heavy (non-hydrogen) atoms. The van der Waals surface area contributed by atoms with E-state index < -0.39 is 0 Å². The standard InChI is InChI=1S/C14H22N2O3.ClH/c1-4-19-13-9-11(2)5-6-12(13)16-14(17)10-15-7-8-18-3;/h5-6,9,15H,4,7-8,10H2,1-3H3,(H,16,17);1H. The summed E-state index contributed by atoms with van der Waals surface area (Å²) in [6, 6.07) is 5.71. The number of benzene rings is 1. The van der Waals surface area contributed by atoms with Crippen LogP contribution in [0.5, 0.6) is 5.75 Å². The minimum absolute atomic E-state index is 0. The second-order valence-corrected chi connectivity index (χ2v) is 4.15. The van der Waals surface area contributed by atoms with E-state index in [0.29, 0.717) is 31.2 Å². The predicted octanol–water partition coefficient (Wildman–Crippen LogP) is 1.99. The molecule has 0 bridgehead atoms. The van der Waals surface area contributed by atoms with Crippen LogP contribution in [0.2, 0.25) is 0 Å². The van der Waals surface area contributed by atoms with Crippen LogP contribution in [-0.2, 0) is 9.53 Å². The molecule has 1 aromatic carbocycles. The third kappa shape index (κ3) is 6.75. The van der Waals surface area contributed by atoms with Gasteiger partial charge < -0.3 is 20.1 Å². The minimum Gasteiger partial charge on any atom is -0.492 e. The molecule has 1 amide bonds. The lowest BCUT2D eigenvalue weighted by Gasteiger charge is -2.12. The molecule has 0 heterocycles. The Morgan fingerprint density at radius 3 is 2.75 bits per heavy atom. The van der Waals surface area contributed by atoms with Crippen LogP contribution in [0.15, 0.2) is 18.2 Å². The third-order valence-electron chi connectivity index (χ3n) is 2.48. The quantitative estimate of drug-likeness (QED) is 0.721. The van der Waals surface area contributed by atoms with Crippen molar-refractivity contribution in [2.45, 2.75) is 13.8 Å². The summed E-state index contributed by atoms with van der Waals surface area (Å²) in [5.41, 5.74) is 1.80. The Bertz CT molecular complexity index is 413. The minimum atomic E-state index is -0.0964. The number of hydrogen-bond donors (Lipinski definition) is 2. The molecule has 5 nitrogen and oxygen atoms in total. The van der Waals surface area contributed by atoms with Gasteiger partial charge in [0.2, 0.25) is 5.91 Å². The van der Waals surface area contributed by atoms with Crippen LogP contribution in [0.1, 0.15) is 12.5 Å². The first-order chi connectivity index (χ1) is 9.17. The molecule has 2 N–H and O–H groups in total. The second kappa shape index (κ2) is 10.5. The zero-order chi connectivity index (χ0) is 14.1. The van der Waals surface area contributed by atoms with Crippen molar-refractivity contribution >= 4 is 24.0 Å². The molecule has 0 saturated carbocycles. The fourth-order valence-electron chi connectivity index (χ4n) is 1.58. The molecular formula is C14H23ClN2O3. The number of nitrogens with one attached hydrogen (secondary N) is 2. The molecule has 0 spiro atoms. The van der Waals surface area contributed by atoms with Gasteiger partial charge in [-0.2, -0.15) is 0 Å². The first-order valence-electron chi connectivity index (χ1n) is 6.40. The number of rotatable bonds is 8. The molecule has 0 fully saturated rings. The summed E-state index contributed by atoms with van der Waals surface area (Å²) in [4.78, 5) is 11.7. The molecule has 0 aliphatic rings. The van der Waals surface area contributed by atoms with Gasteiger partial charge in [0.1, 0.15) is 5.75 Å². The summed E-state index contributed by atoms with van der Waals surface area (Å²) in [6.07, 6.45) is 0. The van der Waals surface area contributed by atoms with E-state index in [1.165, 1.54) is 0 Å². The lowest BCUT2D eigenvalue weighted by atomic mass is 10.2. The van der Waals surface area contributed by atoms with Crippen molar-refractivity contribution in [3.63, 3.8) is 0 Å². The van der Waals surface area contributed by atoms with Gasteiger partial charge in [0, 0.05) is 13.7 Å². The van der Waals surface area contributed by atoms with Crippen molar-refractivity contribution in [2.75, 3.05) is 38.7 Å². The van der Waals surface area contributed by atoms with Gasteiger partial charge >= 0.3 is 0 Å². The first-order valence-corrected chi connectivity index (χ1v) is 6.40. The van der Waals surface area contributed by atoms with E-state index in [1.807, 2.05) is 32.0 Å². The van der Waals surface area contributed by atoms with Crippen molar-refractivity contribution in [3.8, 4) is 5.75 Å². The van der Waals surface area contributed by atoms with E-state index in [9.17, 15) is 4.79 Å². The fraction of sp³-hybridized carbons (Fsp3) is 0.500. The lowest BCUT2D eigenvalue weighted by Crippen LogP contribution is -2.30. The molecule has 0 aliphatic carbocycles. The molecule has 0 radical (unpaired) electrons. The highest BCUT2D eigenvalue weighted by Crippen LogP contribution is 2.25. The Kier molecular flexibility index (Phi) is 9.80. The molecule has 0 aromatic heterocycles. The first kappa shape index (κ1) is 18.7. The molecule has 0 aliphatic heterocycles. The summed E-state index contributed by atoms with van der Waals surface area (Å²) >= 11 is 0. The molecule has 6 heteroatoms. The molecule has 0 saturated heterocycles.